The van der Waals surface area contributed by atoms with Crippen molar-refractivity contribution in [1.82, 2.24) is 23.6 Å². The summed E-state index contributed by atoms with van der Waals surface area (Å²) in [5.41, 5.74) is 1.22. The molecule has 4 aromatic rings. The van der Waals surface area contributed by atoms with Crippen molar-refractivity contribution >= 4 is 11.2 Å². The molecule has 0 saturated heterocycles. The Morgan fingerprint density at radius 3 is 2.26 bits per heavy atom. The standard InChI is InChI=1S/C29H37N5O5/c1-4-31(16-17-32-21-30-27-26(32)28(36)34(6-3)29(37)33(27)5-2)18-23(35)20-39-25-15-11-10-14-24(25)38-19-22-12-8-7-9-13-22/h7-15,21,23,35H,4-6,16-20H2,1-3H3. The van der Waals surface area contributed by atoms with Crippen LogP contribution in [0.1, 0.15) is 26.3 Å². The number of fused-ring (bicyclic) bond motifs is 1. The van der Waals surface area contributed by atoms with Crippen molar-refractivity contribution in [3.8, 4) is 11.5 Å². The molecule has 2 aromatic carbocycles. The highest BCUT2D eigenvalue weighted by atomic mass is 16.5. The van der Waals surface area contributed by atoms with Crippen LogP contribution in [0.4, 0.5) is 0 Å². The van der Waals surface area contributed by atoms with Gasteiger partial charge in [-0.15, -0.1) is 0 Å². The van der Waals surface area contributed by atoms with Gasteiger partial charge in [0.15, 0.2) is 22.7 Å². The normalized spacial score (nSPS) is 12.2. The highest BCUT2D eigenvalue weighted by Crippen LogP contribution is 2.27. The largest absolute Gasteiger partial charge is 0.487 e. The van der Waals surface area contributed by atoms with E-state index in [0.29, 0.717) is 68.5 Å². The number of benzene rings is 2. The molecule has 0 fully saturated rings. The molecular formula is C29H37N5O5. The minimum absolute atomic E-state index is 0.111. The van der Waals surface area contributed by atoms with Gasteiger partial charge in [0.25, 0.3) is 5.56 Å². The third-order valence-corrected chi connectivity index (χ3v) is 6.71. The molecule has 39 heavy (non-hydrogen) atoms. The lowest BCUT2D eigenvalue weighted by molar-refractivity contribution is 0.0674. The summed E-state index contributed by atoms with van der Waals surface area (Å²) in [6, 6.07) is 17.3. The number of aromatic nitrogens is 4. The molecule has 1 unspecified atom stereocenters. The van der Waals surface area contributed by atoms with Gasteiger partial charge >= 0.3 is 5.69 Å². The first kappa shape index (κ1) is 28.1. The van der Waals surface area contributed by atoms with Crippen LogP contribution in [0.25, 0.3) is 11.2 Å². The molecule has 0 aliphatic rings. The number of rotatable bonds is 14. The molecule has 4 rings (SSSR count). The van der Waals surface area contributed by atoms with Gasteiger partial charge in [-0.1, -0.05) is 49.4 Å². The molecule has 2 heterocycles. The summed E-state index contributed by atoms with van der Waals surface area (Å²) >= 11 is 0. The molecule has 0 saturated carbocycles. The first-order valence-electron chi connectivity index (χ1n) is 13.4. The zero-order valence-corrected chi connectivity index (χ0v) is 22.8. The van der Waals surface area contributed by atoms with E-state index in [0.717, 1.165) is 5.56 Å². The Balaban J connectivity index is 1.36. The number of hydrogen-bond acceptors (Lipinski definition) is 7. The van der Waals surface area contributed by atoms with Crippen molar-refractivity contribution in [3.05, 3.63) is 87.3 Å². The van der Waals surface area contributed by atoms with Crippen molar-refractivity contribution in [2.45, 2.75) is 53.1 Å². The Morgan fingerprint density at radius 2 is 1.59 bits per heavy atom. The van der Waals surface area contributed by atoms with E-state index in [1.807, 2.05) is 68.4 Å². The smallest absolute Gasteiger partial charge is 0.332 e. The highest BCUT2D eigenvalue weighted by molar-refractivity contribution is 5.70. The van der Waals surface area contributed by atoms with Crippen LogP contribution >= 0.6 is 0 Å². The maximum Gasteiger partial charge on any atom is 0.332 e. The second-order valence-corrected chi connectivity index (χ2v) is 9.27. The van der Waals surface area contributed by atoms with Crippen LogP contribution in [0.15, 0.2) is 70.5 Å². The fourth-order valence-electron chi connectivity index (χ4n) is 4.56. The highest BCUT2D eigenvalue weighted by Gasteiger charge is 2.18. The number of aryl methyl sites for hydroxylation is 1. The van der Waals surface area contributed by atoms with E-state index in [1.165, 1.54) is 9.13 Å². The van der Waals surface area contributed by atoms with Gasteiger partial charge in [0.05, 0.1) is 6.33 Å². The average molecular weight is 536 g/mol. The molecule has 0 spiro atoms. The van der Waals surface area contributed by atoms with Crippen LogP contribution in [0.2, 0.25) is 0 Å². The summed E-state index contributed by atoms with van der Waals surface area (Å²) in [5.74, 6) is 1.20. The molecule has 0 radical (unpaired) electrons. The van der Waals surface area contributed by atoms with Crippen molar-refractivity contribution in [3.63, 3.8) is 0 Å². The number of aliphatic hydroxyl groups excluding tert-OH is 1. The third kappa shape index (κ3) is 6.58. The minimum atomic E-state index is -0.728. The lowest BCUT2D eigenvalue weighted by Gasteiger charge is -2.24. The Morgan fingerprint density at radius 1 is 0.923 bits per heavy atom. The molecule has 10 heteroatoms. The fourth-order valence-corrected chi connectivity index (χ4v) is 4.56. The first-order valence-corrected chi connectivity index (χ1v) is 13.4. The van der Waals surface area contributed by atoms with Crippen molar-refractivity contribution in [2.24, 2.45) is 0 Å². The summed E-state index contributed by atoms with van der Waals surface area (Å²) in [4.78, 5) is 32.1. The van der Waals surface area contributed by atoms with Gasteiger partial charge in [-0.3, -0.25) is 18.8 Å². The van der Waals surface area contributed by atoms with E-state index in [2.05, 4.69) is 9.88 Å². The molecule has 0 amide bonds. The van der Waals surface area contributed by atoms with Gasteiger partial charge in [0, 0.05) is 32.7 Å². The van der Waals surface area contributed by atoms with Gasteiger partial charge in [-0.05, 0) is 38.1 Å². The van der Waals surface area contributed by atoms with Crippen molar-refractivity contribution in [1.29, 1.82) is 0 Å². The molecule has 0 aliphatic heterocycles. The van der Waals surface area contributed by atoms with Gasteiger partial charge < -0.3 is 19.1 Å². The molecule has 0 aliphatic carbocycles. The van der Waals surface area contributed by atoms with Crippen LogP contribution in [0.3, 0.4) is 0 Å². The third-order valence-electron chi connectivity index (χ3n) is 6.71. The number of para-hydroxylation sites is 2. The lowest BCUT2D eigenvalue weighted by atomic mass is 10.2. The number of aliphatic hydroxyl groups is 1. The fraction of sp³-hybridized carbons (Fsp3) is 0.414. The Bertz CT molecular complexity index is 1480. The molecule has 1 atom stereocenters. The summed E-state index contributed by atoms with van der Waals surface area (Å²) in [5, 5.41) is 10.7. The van der Waals surface area contributed by atoms with E-state index in [1.54, 1.807) is 17.8 Å². The van der Waals surface area contributed by atoms with Crippen molar-refractivity contribution in [2.75, 3.05) is 26.2 Å². The topological polar surface area (TPSA) is 104 Å². The van der Waals surface area contributed by atoms with Crippen molar-refractivity contribution < 1.29 is 14.6 Å². The lowest BCUT2D eigenvalue weighted by Crippen LogP contribution is -2.40. The summed E-state index contributed by atoms with van der Waals surface area (Å²) in [7, 11) is 0. The van der Waals surface area contributed by atoms with Crippen LogP contribution in [0.5, 0.6) is 11.5 Å². The maximum absolute atomic E-state index is 13.0. The second kappa shape index (κ2) is 13.3. The molecule has 10 nitrogen and oxygen atoms in total. The number of imidazole rings is 1. The summed E-state index contributed by atoms with van der Waals surface area (Å²) in [6.07, 6.45) is 0.881. The SMILES string of the molecule is CCN(CCn1cnc2c1c(=O)n(CC)c(=O)n2CC)CC(O)COc1ccccc1OCc1ccccc1. The second-order valence-electron chi connectivity index (χ2n) is 9.27. The monoisotopic (exact) mass is 535 g/mol. The van der Waals surface area contributed by atoms with Crippen LogP contribution < -0.4 is 20.7 Å². The quantitative estimate of drug-likeness (QED) is 0.265. The number of ether oxygens (including phenoxy) is 2. The predicted molar refractivity (Wildman–Crippen MR) is 150 cm³/mol. The van der Waals surface area contributed by atoms with Gasteiger partial charge in [0.1, 0.15) is 19.3 Å². The Labute approximate surface area is 227 Å². The van der Waals surface area contributed by atoms with E-state index in [4.69, 9.17) is 9.47 Å². The van der Waals surface area contributed by atoms with Gasteiger partial charge in [-0.2, -0.15) is 0 Å². The zero-order chi connectivity index (χ0) is 27.8. The number of likely N-dealkylation sites (N-methyl/N-ethyl adjacent to an activating group) is 1. The molecule has 1 N–H and O–H groups in total. The van der Waals surface area contributed by atoms with E-state index >= 15 is 0 Å². The maximum atomic E-state index is 13.0. The zero-order valence-electron chi connectivity index (χ0n) is 22.8. The Kier molecular flexibility index (Phi) is 9.56. The number of nitrogens with zero attached hydrogens (tertiary/aromatic N) is 5. The summed E-state index contributed by atoms with van der Waals surface area (Å²) in [6.45, 7) is 9.12. The van der Waals surface area contributed by atoms with E-state index in [9.17, 15) is 14.7 Å². The Hall–Kier alpha value is -3.89. The molecular weight excluding hydrogens is 498 g/mol. The van der Waals surface area contributed by atoms with Crippen LogP contribution in [-0.2, 0) is 26.2 Å². The molecule has 0 bridgehead atoms. The van der Waals surface area contributed by atoms with Crippen LogP contribution in [-0.4, -0.2) is 61.0 Å². The molecule has 2 aromatic heterocycles. The summed E-state index contributed by atoms with van der Waals surface area (Å²) < 4.78 is 16.4. The number of hydrogen-bond donors (Lipinski definition) is 1. The van der Waals surface area contributed by atoms with E-state index < -0.39 is 6.10 Å². The van der Waals surface area contributed by atoms with E-state index in [-0.39, 0.29) is 17.9 Å². The predicted octanol–water partition coefficient (Wildman–Crippen LogP) is 2.74. The van der Waals surface area contributed by atoms with Gasteiger partial charge in [0.2, 0.25) is 0 Å². The average Bonchev–Trinajstić information content (AvgIpc) is 3.38. The molecule has 208 valence electrons. The van der Waals surface area contributed by atoms with Gasteiger partial charge in [-0.25, -0.2) is 9.78 Å². The minimum Gasteiger partial charge on any atom is -0.487 e. The first-order chi connectivity index (χ1) is 19.0. The van der Waals surface area contributed by atoms with Crippen LogP contribution in [0, 0.1) is 0 Å².